The van der Waals surface area contributed by atoms with E-state index in [1.165, 1.54) is 7.05 Å². The minimum absolute atomic E-state index is 0. The number of ether oxygens (including phenoxy) is 1. The summed E-state index contributed by atoms with van der Waals surface area (Å²) in [4.78, 5) is 0. The van der Waals surface area contributed by atoms with Gasteiger partial charge in [0.15, 0.2) is 10.2 Å². The maximum Gasteiger partial charge on any atom is 1.00 e. The Balaban J connectivity index is 0.00000324. The maximum absolute atomic E-state index is 11.8. The number of rotatable bonds is 5. The Morgan fingerprint density at radius 3 is 2.42 bits per heavy atom. The number of anilines is 1. The van der Waals surface area contributed by atoms with Crippen molar-refractivity contribution in [1.82, 2.24) is 0 Å². The number of hydrogen-bond acceptors (Lipinski definition) is 4. The van der Waals surface area contributed by atoms with Gasteiger partial charge in [0, 0.05) is 6.92 Å². The van der Waals surface area contributed by atoms with Crippen LogP contribution in [0.4, 0.5) is 5.69 Å². The first kappa shape index (κ1) is 18.4. The molecule has 100 valence electrons. The zero-order valence-corrected chi connectivity index (χ0v) is 14.4. The van der Waals surface area contributed by atoms with Crippen LogP contribution in [0.3, 0.4) is 0 Å². The standard InChI is InChI=1S/C11H16N3O3S.Na/c1-4-17-10(2)13-14(18(15,16)12-3)11-8-6-5-7-9-11;/h5-9H,4H2,1-3H3;/q-1;+1/b13-10-;. The molecule has 1 rings (SSSR count). The molecule has 0 saturated carbocycles. The molecule has 0 N–H and O–H groups in total. The van der Waals surface area contributed by atoms with Crippen LogP contribution in [0.15, 0.2) is 35.4 Å². The Hall–Kier alpha value is -0.600. The van der Waals surface area contributed by atoms with E-state index in [0.29, 0.717) is 12.3 Å². The number of para-hydroxylation sites is 1. The van der Waals surface area contributed by atoms with E-state index in [0.717, 1.165) is 4.41 Å². The van der Waals surface area contributed by atoms with Gasteiger partial charge in [-0.3, -0.25) is 0 Å². The van der Waals surface area contributed by atoms with E-state index in [4.69, 9.17) is 4.74 Å². The van der Waals surface area contributed by atoms with Gasteiger partial charge in [-0.15, -0.1) is 12.1 Å². The van der Waals surface area contributed by atoms with Crippen LogP contribution in [0.1, 0.15) is 13.8 Å². The van der Waals surface area contributed by atoms with Gasteiger partial charge in [0.1, 0.15) is 0 Å². The summed E-state index contributed by atoms with van der Waals surface area (Å²) < 4.78 is 33.0. The van der Waals surface area contributed by atoms with Gasteiger partial charge in [0.2, 0.25) is 5.90 Å². The van der Waals surface area contributed by atoms with Gasteiger partial charge in [-0.2, -0.15) is 4.41 Å². The summed E-state index contributed by atoms with van der Waals surface area (Å²) in [6.45, 7) is 3.80. The van der Waals surface area contributed by atoms with E-state index < -0.39 is 10.2 Å². The molecule has 1 aromatic carbocycles. The number of nitrogens with zero attached hydrogens (tertiary/aromatic N) is 3. The second kappa shape index (κ2) is 8.55. The number of hydrogen-bond donors (Lipinski definition) is 0. The zero-order valence-electron chi connectivity index (χ0n) is 11.6. The molecular formula is C11H16N3NaO3S. The summed E-state index contributed by atoms with van der Waals surface area (Å²) >= 11 is 0. The van der Waals surface area contributed by atoms with Crippen LogP contribution in [0.5, 0.6) is 0 Å². The van der Waals surface area contributed by atoms with E-state index in [2.05, 4.69) is 9.82 Å². The quantitative estimate of drug-likeness (QED) is 0.306. The topological polar surface area (TPSA) is 73.1 Å². The molecule has 19 heavy (non-hydrogen) atoms. The summed E-state index contributed by atoms with van der Waals surface area (Å²) in [6, 6.07) is 8.49. The Bertz CT molecular complexity index is 505. The van der Waals surface area contributed by atoms with E-state index in [1.807, 2.05) is 0 Å². The van der Waals surface area contributed by atoms with Crippen molar-refractivity contribution in [1.29, 1.82) is 0 Å². The molecule has 0 aromatic heterocycles. The second-order valence-corrected chi connectivity index (χ2v) is 4.90. The molecule has 0 spiro atoms. The molecule has 6 nitrogen and oxygen atoms in total. The van der Waals surface area contributed by atoms with E-state index in [-0.39, 0.29) is 35.5 Å². The summed E-state index contributed by atoms with van der Waals surface area (Å²) in [6.07, 6.45) is 0. The van der Waals surface area contributed by atoms with Crippen molar-refractivity contribution >= 4 is 21.8 Å². The Morgan fingerprint density at radius 2 is 1.95 bits per heavy atom. The molecule has 0 heterocycles. The van der Waals surface area contributed by atoms with Crippen LogP contribution in [0, 0.1) is 0 Å². The predicted octanol–water partition coefficient (Wildman–Crippen LogP) is -0.885. The summed E-state index contributed by atoms with van der Waals surface area (Å²) in [5.74, 6) is 0.258. The zero-order chi connectivity index (χ0) is 13.6. The first-order chi connectivity index (χ1) is 8.51. The Morgan fingerprint density at radius 1 is 1.37 bits per heavy atom. The first-order valence-corrected chi connectivity index (χ1v) is 6.80. The van der Waals surface area contributed by atoms with Gasteiger partial charge < -0.3 is 9.46 Å². The molecule has 0 atom stereocenters. The van der Waals surface area contributed by atoms with Crippen LogP contribution in [-0.4, -0.2) is 28.0 Å². The average Bonchev–Trinajstić information content (AvgIpc) is 2.37. The normalized spacial score (nSPS) is 11.6. The molecule has 0 saturated heterocycles. The third kappa shape index (κ3) is 5.50. The third-order valence-electron chi connectivity index (χ3n) is 2.01. The van der Waals surface area contributed by atoms with Crippen LogP contribution >= 0.6 is 0 Å². The fraction of sp³-hybridized carbons (Fsp3) is 0.364. The Labute approximate surface area is 136 Å². The third-order valence-corrected chi connectivity index (χ3v) is 3.20. The molecule has 0 aliphatic carbocycles. The van der Waals surface area contributed by atoms with Gasteiger partial charge in [0.05, 0.1) is 12.3 Å². The largest absolute Gasteiger partial charge is 1.00 e. The van der Waals surface area contributed by atoms with Crippen LogP contribution < -0.4 is 34.0 Å². The van der Waals surface area contributed by atoms with Crippen molar-refractivity contribution in [3.05, 3.63) is 35.1 Å². The maximum atomic E-state index is 11.8. The van der Waals surface area contributed by atoms with E-state index in [1.54, 1.807) is 44.2 Å². The van der Waals surface area contributed by atoms with Gasteiger partial charge in [-0.1, -0.05) is 18.2 Å². The van der Waals surface area contributed by atoms with Crippen molar-refractivity contribution in [2.24, 2.45) is 5.10 Å². The summed E-state index contributed by atoms with van der Waals surface area (Å²) in [5, 5.41) is 3.93. The molecular weight excluding hydrogens is 277 g/mol. The SMILES string of the molecule is CCO/C(C)=N\N(c1ccccc1)S(=O)(=O)[N-]C.[Na+]. The fourth-order valence-corrected chi connectivity index (χ4v) is 2.00. The summed E-state index contributed by atoms with van der Waals surface area (Å²) in [7, 11) is -2.63. The smallest absolute Gasteiger partial charge is 0.531 e. The Kier molecular flexibility index (Phi) is 8.28. The number of benzene rings is 1. The minimum atomic E-state index is -3.84. The van der Waals surface area contributed by atoms with Crippen LogP contribution in [0.25, 0.3) is 4.72 Å². The molecule has 0 aliphatic rings. The molecule has 0 unspecified atom stereocenters. The molecule has 0 bridgehead atoms. The monoisotopic (exact) mass is 293 g/mol. The number of hydrazone groups is 1. The van der Waals surface area contributed by atoms with Crippen molar-refractivity contribution in [3.8, 4) is 0 Å². The molecule has 0 aliphatic heterocycles. The van der Waals surface area contributed by atoms with Crippen LogP contribution in [-0.2, 0) is 14.9 Å². The van der Waals surface area contributed by atoms with Gasteiger partial charge in [-0.05, 0) is 19.1 Å². The van der Waals surface area contributed by atoms with Crippen molar-refractivity contribution in [3.63, 3.8) is 0 Å². The van der Waals surface area contributed by atoms with E-state index in [9.17, 15) is 8.42 Å². The van der Waals surface area contributed by atoms with Crippen molar-refractivity contribution in [2.75, 3.05) is 18.1 Å². The van der Waals surface area contributed by atoms with Gasteiger partial charge >= 0.3 is 29.6 Å². The molecule has 0 fully saturated rings. The van der Waals surface area contributed by atoms with Gasteiger partial charge in [-0.25, -0.2) is 8.42 Å². The summed E-state index contributed by atoms with van der Waals surface area (Å²) in [5.41, 5.74) is 0.405. The first-order valence-electron chi connectivity index (χ1n) is 5.40. The molecule has 8 heteroatoms. The van der Waals surface area contributed by atoms with Crippen molar-refractivity contribution in [2.45, 2.75) is 13.8 Å². The average molecular weight is 293 g/mol. The van der Waals surface area contributed by atoms with Crippen LogP contribution in [0.2, 0.25) is 0 Å². The second-order valence-electron chi connectivity index (χ2n) is 3.29. The van der Waals surface area contributed by atoms with Crippen molar-refractivity contribution < 1.29 is 42.7 Å². The predicted molar refractivity (Wildman–Crippen MR) is 71.9 cm³/mol. The van der Waals surface area contributed by atoms with Gasteiger partial charge in [0.25, 0.3) is 0 Å². The molecule has 0 radical (unpaired) electrons. The fourth-order valence-electron chi connectivity index (χ4n) is 1.24. The minimum Gasteiger partial charge on any atom is -0.531 e. The molecule has 1 aromatic rings. The molecule has 0 amide bonds. The van der Waals surface area contributed by atoms with E-state index >= 15 is 0 Å².